The van der Waals surface area contributed by atoms with Crippen LogP contribution in [0.25, 0.3) is 0 Å². The normalized spacial score (nSPS) is 10.1. The number of nitrogens with zero attached hydrogens (tertiary/aromatic N) is 1. The van der Waals surface area contributed by atoms with Gasteiger partial charge in [0.25, 0.3) is 0 Å². The van der Waals surface area contributed by atoms with E-state index >= 15 is 0 Å². The van der Waals surface area contributed by atoms with E-state index in [1.54, 1.807) is 7.05 Å². The number of nitrogens with one attached hydrogen (secondary N) is 1. The van der Waals surface area contributed by atoms with Gasteiger partial charge in [0.1, 0.15) is 5.75 Å². The number of aromatic hydroxyl groups is 1. The van der Waals surface area contributed by atoms with E-state index in [9.17, 15) is 14.7 Å². The molecule has 0 saturated heterocycles. The summed E-state index contributed by atoms with van der Waals surface area (Å²) in [4.78, 5) is 24.3. The number of hydrogen-bond acceptors (Lipinski definition) is 4. The molecule has 110 valence electrons. The molecule has 0 saturated carbocycles. The molecule has 7 heteroatoms. The molecule has 3 N–H and O–H groups in total. The minimum Gasteiger partial charge on any atom is -0.508 e. The summed E-state index contributed by atoms with van der Waals surface area (Å²) in [6.07, 6.45) is 0. The van der Waals surface area contributed by atoms with Crippen LogP contribution in [0.15, 0.2) is 18.2 Å². The Labute approximate surface area is 116 Å². The van der Waals surface area contributed by atoms with Crippen molar-refractivity contribution in [3.8, 4) is 5.75 Å². The molecule has 0 radical (unpaired) electrons. The van der Waals surface area contributed by atoms with Gasteiger partial charge in [0.15, 0.2) is 0 Å². The number of phenols is 1. The zero-order valence-corrected chi connectivity index (χ0v) is 11.4. The highest BCUT2D eigenvalue weighted by Gasteiger charge is 2.15. The van der Waals surface area contributed by atoms with Gasteiger partial charge in [-0.05, 0) is 25.1 Å². The molecule has 0 atom stereocenters. The van der Waals surface area contributed by atoms with Crippen molar-refractivity contribution in [2.75, 3.05) is 32.1 Å². The lowest BCUT2D eigenvalue weighted by Gasteiger charge is -2.18. The van der Waals surface area contributed by atoms with Crippen molar-refractivity contribution in [1.29, 1.82) is 0 Å². The van der Waals surface area contributed by atoms with Gasteiger partial charge in [0, 0.05) is 20.2 Å². The molecule has 1 aromatic carbocycles. The minimum absolute atomic E-state index is 0.128. The highest BCUT2D eigenvalue weighted by atomic mass is 16.5. The number of aromatic carboxylic acids is 1. The van der Waals surface area contributed by atoms with E-state index in [0.717, 1.165) is 6.07 Å². The Morgan fingerprint density at radius 2 is 2.10 bits per heavy atom. The lowest BCUT2D eigenvalue weighted by Crippen LogP contribution is -2.34. The third-order valence-corrected chi connectivity index (χ3v) is 2.60. The summed E-state index contributed by atoms with van der Waals surface area (Å²) >= 11 is 0. The number of phenolic OH excluding ortho intramolecular Hbond substituents is 1. The quantitative estimate of drug-likeness (QED) is 0.543. The number of carbonyl (C=O) groups is 2. The monoisotopic (exact) mass is 282 g/mol. The summed E-state index contributed by atoms with van der Waals surface area (Å²) in [6.45, 7) is 3.22. The number of amides is 2. The lowest BCUT2D eigenvalue weighted by atomic mass is 10.1. The van der Waals surface area contributed by atoms with Gasteiger partial charge < -0.3 is 25.2 Å². The number of likely N-dealkylation sites (N-methyl/N-ethyl adjacent to an activating group) is 1. The van der Waals surface area contributed by atoms with Crippen LogP contribution in [0, 0.1) is 0 Å². The van der Waals surface area contributed by atoms with Gasteiger partial charge in [0.05, 0.1) is 17.9 Å². The Kier molecular flexibility index (Phi) is 5.79. The fourth-order valence-electron chi connectivity index (χ4n) is 1.48. The van der Waals surface area contributed by atoms with Crippen LogP contribution in [-0.4, -0.2) is 53.9 Å². The summed E-state index contributed by atoms with van der Waals surface area (Å²) in [5.41, 5.74) is -0.0416. The van der Waals surface area contributed by atoms with Crippen molar-refractivity contribution in [3.63, 3.8) is 0 Å². The number of ether oxygens (including phenoxy) is 1. The third kappa shape index (κ3) is 4.43. The number of carboxylic acids is 1. The third-order valence-electron chi connectivity index (χ3n) is 2.60. The van der Waals surface area contributed by atoms with Gasteiger partial charge in [-0.2, -0.15) is 0 Å². The molecule has 0 aliphatic rings. The fourth-order valence-corrected chi connectivity index (χ4v) is 1.48. The maximum Gasteiger partial charge on any atom is 0.337 e. The van der Waals surface area contributed by atoms with Gasteiger partial charge in [-0.25, -0.2) is 9.59 Å². The van der Waals surface area contributed by atoms with Crippen LogP contribution in [0.2, 0.25) is 0 Å². The Balaban J connectivity index is 2.72. The molecule has 0 aromatic heterocycles. The summed E-state index contributed by atoms with van der Waals surface area (Å²) in [6, 6.07) is 3.28. The molecular weight excluding hydrogens is 264 g/mol. The van der Waals surface area contributed by atoms with E-state index in [2.05, 4.69) is 5.32 Å². The van der Waals surface area contributed by atoms with Crippen LogP contribution in [0.3, 0.4) is 0 Å². The second-order valence-corrected chi connectivity index (χ2v) is 4.08. The Morgan fingerprint density at radius 1 is 1.40 bits per heavy atom. The van der Waals surface area contributed by atoms with Crippen molar-refractivity contribution < 1.29 is 24.5 Å². The molecule has 20 heavy (non-hydrogen) atoms. The molecule has 7 nitrogen and oxygen atoms in total. The lowest BCUT2D eigenvalue weighted by molar-refractivity contribution is 0.0697. The van der Waals surface area contributed by atoms with Crippen molar-refractivity contribution in [1.82, 2.24) is 4.90 Å². The fraction of sp³-hybridized carbons (Fsp3) is 0.385. The molecule has 0 aliphatic carbocycles. The standard InChI is InChI=1S/C13H18N2O5/c1-3-20-7-6-15(2)13(19)14-11-5-4-9(16)8-10(11)12(17)18/h4-5,8,16H,3,6-7H2,1-2H3,(H,14,19)(H,17,18). The second-order valence-electron chi connectivity index (χ2n) is 4.08. The van der Waals surface area contributed by atoms with Crippen LogP contribution in [0.1, 0.15) is 17.3 Å². The zero-order valence-electron chi connectivity index (χ0n) is 11.4. The molecule has 1 rings (SSSR count). The van der Waals surface area contributed by atoms with Gasteiger partial charge in [-0.1, -0.05) is 0 Å². The maximum absolute atomic E-state index is 11.9. The smallest absolute Gasteiger partial charge is 0.337 e. The summed E-state index contributed by atoms with van der Waals surface area (Å²) in [5, 5.41) is 20.8. The number of urea groups is 1. The van der Waals surface area contributed by atoms with Crippen molar-refractivity contribution in [2.45, 2.75) is 6.92 Å². The number of rotatable bonds is 6. The van der Waals surface area contributed by atoms with E-state index in [-0.39, 0.29) is 17.0 Å². The first-order chi connectivity index (χ1) is 9.45. The Bertz CT molecular complexity index is 490. The average molecular weight is 282 g/mol. The van der Waals surface area contributed by atoms with Gasteiger partial charge in [-0.15, -0.1) is 0 Å². The molecular formula is C13H18N2O5. The second kappa shape index (κ2) is 7.34. The first-order valence-corrected chi connectivity index (χ1v) is 6.12. The predicted molar refractivity (Wildman–Crippen MR) is 73.2 cm³/mol. The molecule has 0 heterocycles. The Hall–Kier alpha value is -2.28. The highest BCUT2D eigenvalue weighted by Crippen LogP contribution is 2.21. The van der Waals surface area contributed by atoms with Crippen LogP contribution >= 0.6 is 0 Å². The zero-order chi connectivity index (χ0) is 15.1. The maximum atomic E-state index is 11.9. The molecule has 0 fully saturated rings. The predicted octanol–water partition coefficient (Wildman–Crippen LogP) is 1.59. The molecule has 0 spiro atoms. The minimum atomic E-state index is -1.23. The van der Waals surface area contributed by atoms with Gasteiger partial charge in [0.2, 0.25) is 0 Å². The van der Waals surface area contributed by atoms with E-state index in [1.807, 2.05) is 6.92 Å². The first kappa shape index (κ1) is 15.8. The van der Waals surface area contributed by atoms with E-state index in [0.29, 0.717) is 19.8 Å². The average Bonchev–Trinajstić information content (AvgIpc) is 2.40. The van der Waals surface area contributed by atoms with Crippen LogP contribution in [0.4, 0.5) is 10.5 Å². The van der Waals surface area contributed by atoms with Gasteiger partial charge >= 0.3 is 12.0 Å². The molecule has 0 unspecified atom stereocenters. The van der Waals surface area contributed by atoms with Crippen molar-refractivity contribution in [2.24, 2.45) is 0 Å². The summed E-state index contributed by atoms with van der Waals surface area (Å²) in [7, 11) is 1.58. The topological polar surface area (TPSA) is 99.1 Å². The number of hydrogen-bond donors (Lipinski definition) is 3. The number of benzene rings is 1. The molecule has 1 aromatic rings. The molecule has 0 aliphatic heterocycles. The largest absolute Gasteiger partial charge is 0.508 e. The Morgan fingerprint density at radius 3 is 2.70 bits per heavy atom. The number of carboxylic acid groups (broad SMARTS) is 1. The van der Waals surface area contributed by atoms with E-state index in [1.165, 1.54) is 17.0 Å². The number of anilines is 1. The molecule has 0 bridgehead atoms. The highest BCUT2D eigenvalue weighted by molar-refractivity contribution is 6.00. The van der Waals surface area contributed by atoms with Crippen LogP contribution < -0.4 is 5.32 Å². The van der Waals surface area contributed by atoms with E-state index < -0.39 is 12.0 Å². The van der Waals surface area contributed by atoms with Gasteiger partial charge in [-0.3, -0.25) is 0 Å². The van der Waals surface area contributed by atoms with Crippen molar-refractivity contribution >= 4 is 17.7 Å². The first-order valence-electron chi connectivity index (χ1n) is 6.12. The van der Waals surface area contributed by atoms with Crippen molar-refractivity contribution in [3.05, 3.63) is 23.8 Å². The SMILES string of the molecule is CCOCCN(C)C(=O)Nc1ccc(O)cc1C(=O)O. The molecule has 2 amide bonds. The summed E-state index contributed by atoms with van der Waals surface area (Å²) in [5.74, 6) is -1.40. The van der Waals surface area contributed by atoms with Crippen LogP contribution in [0.5, 0.6) is 5.75 Å². The van der Waals surface area contributed by atoms with Crippen LogP contribution in [-0.2, 0) is 4.74 Å². The number of carbonyl (C=O) groups excluding carboxylic acids is 1. The van der Waals surface area contributed by atoms with E-state index in [4.69, 9.17) is 9.84 Å². The summed E-state index contributed by atoms with van der Waals surface area (Å²) < 4.78 is 5.13.